The van der Waals surface area contributed by atoms with Crippen molar-refractivity contribution in [1.29, 1.82) is 0 Å². The maximum atomic E-state index is 13.3. The summed E-state index contributed by atoms with van der Waals surface area (Å²) in [5.41, 5.74) is 0.866. The third-order valence-corrected chi connectivity index (χ3v) is 4.82. The predicted octanol–water partition coefficient (Wildman–Crippen LogP) is 1.13. The minimum absolute atomic E-state index is 0.323. The lowest BCUT2D eigenvalue weighted by atomic mass is 9.72. The highest BCUT2D eigenvalue weighted by atomic mass is 16.2. The summed E-state index contributed by atoms with van der Waals surface area (Å²) in [6.45, 7) is 5.49. The molecular weight excluding hydrogens is 262 g/mol. The van der Waals surface area contributed by atoms with Crippen LogP contribution in [0.3, 0.4) is 0 Å². The summed E-state index contributed by atoms with van der Waals surface area (Å²) in [6.07, 6.45) is 2.86. The fraction of sp³-hybridized carbons (Fsp3) is 0.588. The Bertz CT molecular complexity index is 460. The van der Waals surface area contributed by atoms with Gasteiger partial charge in [-0.05, 0) is 44.5 Å². The van der Waals surface area contributed by atoms with Gasteiger partial charge in [0.15, 0.2) is 0 Å². The largest absolute Gasteiger partial charge is 0.341 e. The average Bonchev–Trinajstić information content (AvgIpc) is 2.85. The van der Waals surface area contributed by atoms with Gasteiger partial charge in [-0.1, -0.05) is 30.3 Å². The Kier molecular flexibility index (Phi) is 4.56. The van der Waals surface area contributed by atoms with Crippen LogP contribution in [0.1, 0.15) is 24.8 Å². The van der Waals surface area contributed by atoms with E-state index in [9.17, 15) is 4.79 Å². The minimum Gasteiger partial charge on any atom is -0.341 e. The lowest BCUT2D eigenvalue weighted by Gasteiger charge is -2.40. The molecule has 0 radical (unpaired) electrons. The first-order chi connectivity index (χ1) is 10.3. The van der Waals surface area contributed by atoms with Gasteiger partial charge >= 0.3 is 0 Å². The van der Waals surface area contributed by atoms with Gasteiger partial charge in [0.2, 0.25) is 5.91 Å². The summed E-state index contributed by atoms with van der Waals surface area (Å²) in [4.78, 5) is 15.4. The molecule has 21 heavy (non-hydrogen) atoms. The fourth-order valence-corrected chi connectivity index (χ4v) is 3.59. The third-order valence-electron chi connectivity index (χ3n) is 4.82. The summed E-state index contributed by atoms with van der Waals surface area (Å²) >= 11 is 0. The number of piperidine rings is 1. The van der Waals surface area contributed by atoms with E-state index in [4.69, 9.17) is 0 Å². The number of nitrogens with zero attached hydrogens (tertiary/aromatic N) is 1. The number of carbonyl (C=O) groups excluding carboxylic acids is 1. The second kappa shape index (κ2) is 6.58. The van der Waals surface area contributed by atoms with Crippen LogP contribution in [0.4, 0.5) is 0 Å². The maximum absolute atomic E-state index is 13.3. The van der Waals surface area contributed by atoms with Crippen LogP contribution in [0, 0.1) is 0 Å². The topological polar surface area (TPSA) is 44.4 Å². The SMILES string of the molecule is O=C(N1CCCNCC1)C1(c2ccccc2)CCNCC1. The molecule has 0 aliphatic carbocycles. The Morgan fingerprint density at radius 1 is 0.952 bits per heavy atom. The number of hydrogen-bond donors (Lipinski definition) is 2. The summed E-state index contributed by atoms with van der Waals surface area (Å²) in [5, 5.41) is 6.78. The van der Waals surface area contributed by atoms with E-state index in [1.54, 1.807) is 0 Å². The Labute approximate surface area is 126 Å². The van der Waals surface area contributed by atoms with Crippen LogP contribution in [-0.2, 0) is 10.2 Å². The molecule has 3 rings (SSSR count). The molecule has 0 unspecified atom stereocenters. The third kappa shape index (κ3) is 2.97. The molecule has 2 aliphatic heterocycles. The molecule has 4 heteroatoms. The first kappa shape index (κ1) is 14.5. The van der Waals surface area contributed by atoms with E-state index in [0.717, 1.165) is 58.5 Å². The number of rotatable bonds is 2. The molecular formula is C17H25N3O. The van der Waals surface area contributed by atoms with Crippen molar-refractivity contribution in [2.45, 2.75) is 24.7 Å². The molecule has 2 heterocycles. The van der Waals surface area contributed by atoms with Gasteiger partial charge in [-0.25, -0.2) is 0 Å². The quantitative estimate of drug-likeness (QED) is 0.857. The standard InChI is InChI=1S/C17H25N3O/c21-16(20-13-4-9-18-12-14-20)17(7-10-19-11-8-17)15-5-2-1-3-6-15/h1-3,5-6,18-19H,4,7-14H2. The predicted molar refractivity (Wildman–Crippen MR) is 84.3 cm³/mol. The molecule has 0 saturated carbocycles. The highest BCUT2D eigenvalue weighted by molar-refractivity contribution is 5.88. The monoisotopic (exact) mass is 287 g/mol. The normalized spacial score (nSPS) is 22.6. The molecule has 4 nitrogen and oxygen atoms in total. The summed E-state index contributed by atoms with van der Waals surface area (Å²) in [5.74, 6) is 0.332. The molecule has 1 aromatic rings. The fourth-order valence-electron chi connectivity index (χ4n) is 3.59. The van der Waals surface area contributed by atoms with E-state index in [-0.39, 0.29) is 5.41 Å². The van der Waals surface area contributed by atoms with Crippen LogP contribution in [-0.4, -0.2) is 50.1 Å². The molecule has 0 atom stereocenters. The Morgan fingerprint density at radius 2 is 1.67 bits per heavy atom. The lowest BCUT2D eigenvalue weighted by Crippen LogP contribution is -2.52. The summed E-state index contributed by atoms with van der Waals surface area (Å²) < 4.78 is 0. The molecule has 0 bridgehead atoms. The summed E-state index contributed by atoms with van der Waals surface area (Å²) in [6, 6.07) is 10.4. The van der Waals surface area contributed by atoms with E-state index >= 15 is 0 Å². The van der Waals surface area contributed by atoms with Crippen molar-refractivity contribution in [2.24, 2.45) is 0 Å². The zero-order chi connectivity index (χ0) is 14.5. The zero-order valence-electron chi connectivity index (χ0n) is 12.6. The first-order valence-electron chi connectivity index (χ1n) is 8.09. The molecule has 114 valence electrons. The van der Waals surface area contributed by atoms with Crippen LogP contribution in [0.25, 0.3) is 0 Å². The van der Waals surface area contributed by atoms with Gasteiger partial charge in [0, 0.05) is 19.6 Å². The second-order valence-electron chi connectivity index (χ2n) is 6.09. The molecule has 1 amide bonds. The van der Waals surface area contributed by atoms with Crippen LogP contribution >= 0.6 is 0 Å². The van der Waals surface area contributed by atoms with Crippen LogP contribution in [0.2, 0.25) is 0 Å². The van der Waals surface area contributed by atoms with Crippen molar-refractivity contribution in [3.8, 4) is 0 Å². The van der Waals surface area contributed by atoms with Crippen molar-refractivity contribution >= 4 is 5.91 Å². The van der Waals surface area contributed by atoms with E-state index in [1.807, 2.05) is 6.07 Å². The van der Waals surface area contributed by atoms with Crippen LogP contribution in [0.15, 0.2) is 30.3 Å². The van der Waals surface area contributed by atoms with Gasteiger partial charge in [-0.3, -0.25) is 4.79 Å². The Hall–Kier alpha value is -1.39. The van der Waals surface area contributed by atoms with Crippen molar-refractivity contribution in [1.82, 2.24) is 15.5 Å². The van der Waals surface area contributed by atoms with Gasteiger partial charge in [-0.15, -0.1) is 0 Å². The zero-order valence-corrected chi connectivity index (χ0v) is 12.6. The van der Waals surface area contributed by atoms with Gasteiger partial charge in [-0.2, -0.15) is 0 Å². The highest BCUT2D eigenvalue weighted by Crippen LogP contribution is 2.35. The Morgan fingerprint density at radius 3 is 2.43 bits per heavy atom. The molecule has 0 aromatic heterocycles. The summed E-state index contributed by atoms with van der Waals surface area (Å²) in [7, 11) is 0. The molecule has 2 aliphatic rings. The van der Waals surface area contributed by atoms with E-state index < -0.39 is 0 Å². The van der Waals surface area contributed by atoms with Gasteiger partial charge in [0.1, 0.15) is 0 Å². The molecule has 2 fully saturated rings. The van der Waals surface area contributed by atoms with Gasteiger partial charge < -0.3 is 15.5 Å². The number of carbonyl (C=O) groups is 1. The van der Waals surface area contributed by atoms with Crippen molar-refractivity contribution < 1.29 is 4.79 Å². The van der Waals surface area contributed by atoms with Gasteiger partial charge in [0.25, 0.3) is 0 Å². The lowest BCUT2D eigenvalue weighted by molar-refractivity contribution is -0.138. The Balaban J connectivity index is 1.89. The van der Waals surface area contributed by atoms with Crippen LogP contribution < -0.4 is 10.6 Å². The minimum atomic E-state index is -0.323. The molecule has 2 N–H and O–H groups in total. The molecule has 2 saturated heterocycles. The van der Waals surface area contributed by atoms with Crippen LogP contribution in [0.5, 0.6) is 0 Å². The molecule has 1 aromatic carbocycles. The molecule has 0 spiro atoms. The van der Waals surface area contributed by atoms with E-state index in [0.29, 0.717) is 5.91 Å². The van der Waals surface area contributed by atoms with Crippen molar-refractivity contribution in [3.63, 3.8) is 0 Å². The maximum Gasteiger partial charge on any atom is 0.233 e. The van der Waals surface area contributed by atoms with Gasteiger partial charge in [0.05, 0.1) is 5.41 Å². The van der Waals surface area contributed by atoms with Crippen molar-refractivity contribution in [3.05, 3.63) is 35.9 Å². The average molecular weight is 287 g/mol. The van der Waals surface area contributed by atoms with Crippen molar-refractivity contribution in [2.75, 3.05) is 39.3 Å². The number of nitrogens with one attached hydrogen (secondary N) is 2. The smallest absolute Gasteiger partial charge is 0.233 e. The number of benzene rings is 1. The number of amides is 1. The number of hydrogen-bond acceptors (Lipinski definition) is 3. The highest BCUT2D eigenvalue weighted by Gasteiger charge is 2.43. The van der Waals surface area contributed by atoms with E-state index in [2.05, 4.69) is 39.8 Å². The first-order valence-corrected chi connectivity index (χ1v) is 8.09. The van der Waals surface area contributed by atoms with E-state index in [1.165, 1.54) is 5.56 Å². The second-order valence-corrected chi connectivity index (χ2v) is 6.09.